The van der Waals surface area contributed by atoms with Crippen LogP contribution in [0.2, 0.25) is 0 Å². The van der Waals surface area contributed by atoms with Crippen LogP contribution >= 0.6 is 0 Å². The van der Waals surface area contributed by atoms with Gasteiger partial charge < -0.3 is 10.6 Å². The molecular formula is C12H21N3O2S. The van der Waals surface area contributed by atoms with Gasteiger partial charge in [-0.15, -0.1) is 0 Å². The molecule has 0 fully saturated rings. The number of anilines is 2. The summed E-state index contributed by atoms with van der Waals surface area (Å²) in [7, 11) is 0.458. The van der Waals surface area contributed by atoms with E-state index in [1.807, 2.05) is 37.2 Å². The molecule has 0 bridgehead atoms. The second-order valence-corrected chi connectivity index (χ2v) is 6.17. The van der Waals surface area contributed by atoms with Crippen LogP contribution in [0.5, 0.6) is 0 Å². The highest BCUT2D eigenvalue weighted by Gasteiger charge is 2.12. The average Bonchev–Trinajstić information content (AvgIpc) is 2.29. The number of nitrogens with zero attached hydrogens (tertiary/aromatic N) is 1. The maximum atomic E-state index is 11.9. The fraction of sp³-hybridized carbons (Fsp3) is 0.500. The van der Waals surface area contributed by atoms with Crippen molar-refractivity contribution < 1.29 is 8.42 Å². The van der Waals surface area contributed by atoms with Crippen LogP contribution in [0.15, 0.2) is 24.3 Å². The number of unbranched alkanes of at least 4 members (excludes halogenated alkanes) is 1. The molecule has 5 nitrogen and oxygen atoms in total. The highest BCUT2D eigenvalue weighted by molar-refractivity contribution is 7.92. The van der Waals surface area contributed by atoms with E-state index in [1.165, 1.54) is 0 Å². The molecule has 0 heterocycles. The first-order chi connectivity index (χ1) is 8.46. The highest BCUT2D eigenvalue weighted by Crippen LogP contribution is 2.24. The molecule has 0 saturated heterocycles. The quantitative estimate of drug-likeness (QED) is 0.731. The number of rotatable bonds is 7. The van der Waals surface area contributed by atoms with Gasteiger partial charge in [-0.3, -0.25) is 4.72 Å². The van der Waals surface area contributed by atoms with Gasteiger partial charge in [0.25, 0.3) is 0 Å². The summed E-state index contributed by atoms with van der Waals surface area (Å²) in [5.41, 5.74) is 6.81. The van der Waals surface area contributed by atoms with Gasteiger partial charge in [-0.05, 0) is 31.5 Å². The Hall–Kier alpha value is -1.27. The maximum Gasteiger partial charge on any atom is 0.232 e. The topological polar surface area (TPSA) is 75.4 Å². The van der Waals surface area contributed by atoms with E-state index in [9.17, 15) is 8.42 Å². The molecule has 102 valence electrons. The van der Waals surface area contributed by atoms with Crippen molar-refractivity contribution in [1.82, 2.24) is 0 Å². The zero-order valence-electron chi connectivity index (χ0n) is 10.9. The Balaban J connectivity index is 2.78. The predicted octanol–water partition coefficient (Wildman–Crippen LogP) is 1.23. The van der Waals surface area contributed by atoms with Crippen LogP contribution in [0.4, 0.5) is 11.4 Å². The number of nitrogens with one attached hydrogen (secondary N) is 1. The lowest BCUT2D eigenvalue weighted by atomic mass is 10.2. The fourth-order valence-electron chi connectivity index (χ4n) is 1.60. The second-order valence-electron chi connectivity index (χ2n) is 4.33. The predicted molar refractivity (Wildman–Crippen MR) is 76.5 cm³/mol. The third-order valence-corrected chi connectivity index (χ3v) is 3.88. The lowest BCUT2D eigenvalue weighted by Crippen LogP contribution is -2.20. The molecule has 0 unspecified atom stereocenters. The first-order valence-electron chi connectivity index (χ1n) is 5.93. The molecular weight excluding hydrogens is 250 g/mol. The van der Waals surface area contributed by atoms with Crippen LogP contribution in [0, 0.1) is 0 Å². The number of sulfonamides is 1. The van der Waals surface area contributed by atoms with Crippen LogP contribution in [-0.2, 0) is 10.0 Å². The monoisotopic (exact) mass is 271 g/mol. The van der Waals surface area contributed by atoms with Gasteiger partial charge in [0.1, 0.15) is 0 Å². The van der Waals surface area contributed by atoms with Gasteiger partial charge in [0.2, 0.25) is 10.0 Å². The van der Waals surface area contributed by atoms with Crippen molar-refractivity contribution in [2.24, 2.45) is 5.73 Å². The van der Waals surface area contributed by atoms with Crippen LogP contribution < -0.4 is 15.4 Å². The average molecular weight is 271 g/mol. The van der Waals surface area contributed by atoms with E-state index in [4.69, 9.17) is 5.73 Å². The summed E-state index contributed by atoms with van der Waals surface area (Å²) >= 11 is 0. The van der Waals surface area contributed by atoms with Crippen LogP contribution in [0.1, 0.15) is 12.8 Å². The number of nitrogens with two attached hydrogens (primary N) is 1. The largest absolute Gasteiger partial charge is 0.376 e. The molecule has 0 saturated carbocycles. The molecule has 0 aromatic heterocycles. The minimum absolute atomic E-state index is 0.103. The molecule has 1 aromatic carbocycles. The van der Waals surface area contributed by atoms with Crippen molar-refractivity contribution >= 4 is 21.4 Å². The van der Waals surface area contributed by atoms with E-state index < -0.39 is 10.0 Å². The zero-order valence-corrected chi connectivity index (χ0v) is 11.7. The molecule has 18 heavy (non-hydrogen) atoms. The Morgan fingerprint density at radius 2 is 1.89 bits per heavy atom. The van der Waals surface area contributed by atoms with E-state index in [-0.39, 0.29) is 5.75 Å². The molecule has 0 atom stereocenters. The van der Waals surface area contributed by atoms with E-state index >= 15 is 0 Å². The second kappa shape index (κ2) is 6.61. The zero-order chi connectivity index (χ0) is 13.6. The van der Waals surface area contributed by atoms with Crippen molar-refractivity contribution in [2.45, 2.75) is 12.8 Å². The summed E-state index contributed by atoms with van der Waals surface area (Å²) in [5, 5.41) is 0. The van der Waals surface area contributed by atoms with Gasteiger partial charge in [0.05, 0.1) is 17.1 Å². The smallest absolute Gasteiger partial charge is 0.232 e. The molecule has 1 rings (SSSR count). The lowest BCUT2D eigenvalue weighted by Gasteiger charge is -2.18. The Morgan fingerprint density at radius 1 is 1.22 bits per heavy atom. The summed E-state index contributed by atoms with van der Waals surface area (Å²) in [5.74, 6) is 0.103. The summed E-state index contributed by atoms with van der Waals surface area (Å²) < 4.78 is 26.4. The van der Waals surface area contributed by atoms with Gasteiger partial charge in [-0.1, -0.05) is 12.1 Å². The normalized spacial score (nSPS) is 11.3. The van der Waals surface area contributed by atoms with E-state index in [0.717, 1.165) is 12.1 Å². The van der Waals surface area contributed by atoms with E-state index in [2.05, 4.69) is 4.72 Å². The minimum Gasteiger partial charge on any atom is -0.376 e. The minimum atomic E-state index is -3.30. The van der Waals surface area contributed by atoms with E-state index in [1.54, 1.807) is 6.07 Å². The third kappa shape index (κ3) is 4.54. The maximum absolute atomic E-state index is 11.9. The summed E-state index contributed by atoms with van der Waals surface area (Å²) in [6.07, 6.45) is 1.30. The number of para-hydroxylation sites is 2. The van der Waals surface area contributed by atoms with Gasteiger partial charge in [-0.25, -0.2) is 8.42 Å². The lowest BCUT2D eigenvalue weighted by molar-refractivity contribution is 0.597. The number of hydrogen-bond acceptors (Lipinski definition) is 4. The van der Waals surface area contributed by atoms with Crippen molar-refractivity contribution in [3.05, 3.63) is 24.3 Å². The van der Waals surface area contributed by atoms with Crippen LogP contribution in [0.25, 0.3) is 0 Å². The molecule has 0 amide bonds. The molecule has 0 spiro atoms. The molecule has 3 N–H and O–H groups in total. The van der Waals surface area contributed by atoms with Gasteiger partial charge >= 0.3 is 0 Å². The molecule has 6 heteroatoms. The van der Waals surface area contributed by atoms with Gasteiger partial charge in [-0.2, -0.15) is 0 Å². The Kier molecular flexibility index (Phi) is 5.43. The summed E-state index contributed by atoms with van der Waals surface area (Å²) in [6, 6.07) is 7.32. The molecule has 0 aliphatic heterocycles. The summed E-state index contributed by atoms with van der Waals surface area (Å²) in [6.45, 7) is 0.518. The van der Waals surface area contributed by atoms with Crippen molar-refractivity contribution in [1.29, 1.82) is 0 Å². The standard InChI is InChI=1S/C12H21N3O2S/c1-15(2)12-8-4-3-7-11(12)14-18(16,17)10-6-5-9-13/h3-4,7-8,14H,5-6,9-10,13H2,1-2H3. The van der Waals surface area contributed by atoms with Crippen LogP contribution in [-0.4, -0.2) is 34.8 Å². The number of benzene rings is 1. The Bertz CT molecular complexity index is 472. The molecule has 0 radical (unpaired) electrons. The fourth-order valence-corrected chi connectivity index (χ4v) is 2.80. The number of hydrogen-bond donors (Lipinski definition) is 2. The molecule has 1 aromatic rings. The van der Waals surface area contributed by atoms with Crippen molar-refractivity contribution in [3.8, 4) is 0 Å². The Labute approximate surface area is 109 Å². The van der Waals surface area contributed by atoms with E-state index in [0.29, 0.717) is 18.7 Å². The van der Waals surface area contributed by atoms with Gasteiger partial charge in [0, 0.05) is 14.1 Å². The third-order valence-electron chi connectivity index (χ3n) is 2.52. The molecule has 0 aliphatic rings. The van der Waals surface area contributed by atoms with Crippen molar-refractivity contribution in [2.75, 3.05) is 36.0 Å². The first-order valence-corrected chi connectivity index (χ1v) is 7.58. The molecule has 0 aliphatic carbocycles. The Morgan fingerprint density at radius 3 is 2.50 bits per heavy atom. The highest BCUT2D eigenvalue weighted by atomic mass is 32.2. The first kappa shape index (κ1) is 14.8. The summed E-state index contributed by atoms with van der Waals surface area (Å²) in [4.78, 5) is 1.87. The van der Waals surface area contributed by atoms with Crippen molar-refractivity contribution in [3.63, 3.8) is 0 Å². The van der Waals surface area contributed by atoms with Crippen LogP contribution in [0.3, 0.4) is 0 Å². The SMILES string of the molecule is CN(C)c1ccccc1NS(=O)(=O)CCCCN. The van der Waals surface area contributed by atoms with Gasteiger partial charge in [0.15, 0.2) is 0 Å².